The van der Waals surface area contributed by atoms with Gasteiger partial charge in [-0.3, -0.25) is 4.79 Å². The highest BCUT2D eigenvalue weighted by Gasteiger charge is 2.53. The summed E-state index contributed by atoms with van der Waals surface area (Å²) in [7, 11) is 0. The van der Waals surface area contributed by atoms with Gasteiger partial charge in [-0.2, -0.15) is 0 Å². The van der Waals surface area contributed by atoms with Crippen LogP contribution in [0.25, 0.3) is 0 Å². The molecule has 0 spiro atoms. The lowest BCUT2D eigenvalue weighted by atomic mass is 9.58. The summed E-state index contributed by atoms with van der Waals surface area (Å²) in [6, 6.07) is 0. The molecule has 292 valence electrons. The molecule has 19 atom stereocenters. The van der Waals surface area contributed by atoms with Gasteiger partial charge in [0.2, 0.25) is 0 Å². The van der Waals surface area contributed by atoms with Crippen molar-refractivity contribution in [3.63, 3.8) is 0 Å². The highest BCUT2D eigenvalue weighted by atomic mass is 16.8. The van der Waals surface area contributed by atoms with Crippen molar-refractivity contribution in [1.29, 1.82) is 0 Å². The molecule has 13 nitrogen and oxygen atoms in total. The number of aliphatic hydroxyl groups is 7. The van der Waals surface area contributed by atoms with Crippen LogP contribution in [0.1, 0.15) is 98.3 Å². The van der Waals surface area contributed by atoms with E-state index in [4.69, 9.17) is 23.7 Å². The third-order valence-electron chi connectivity index (χ3n) is 13.5. The fraction of sp³-hybridized carbons (Fsp3) is 0.921. The molecular formula is C38H62O13. The number of rotatable bonds is 7. The summed E-state index contributed by atoms with van der Waals surface area (Å²) < 4.78 is 30.1. The second-order valence-electron chi connectivity index (χ2n) is 16.9. The zero-order valence-electron chi connectivity index (χ0n) is 30.5. The van der Waals surface area contributed by atoms with Crippen molar-refractivity contribution < 1.29 is 64.2 Å². The van der Waals surface area contributed by atoms with Gasteiger partial charge < -0.3 is 59.4 Å². The van der Waals surface area contributed by atoms with E-state index < -0.39 is 80.4 Å². The Morgan fingerprint density at radius 2 is 1.47 bits per heavy atom. The molecule has 3 heterocycles. The van der Waals surface area contributed by atoms with Crippen LogP contribution in [0.3, 0.4) is 0 Å². The van der Waals surface area contributed by atoms with Crippen molar-refractivity contribution in [3.05, 3.63) is 11.6 Å². The first kappa shape index (κ1) is 39.6. The summed E-state index contributed by atoms with van der Waals surface area (Å²) >= 11 is 0. The zero-order valence-corrected chi connectivity index (χ0v) is 30.5. The molecule has 2 saturated carbocycles. The Balaban J connectivity index is 1.09. The van der Waals surface area contributed by atoms with E-state index in [0.717, 1.165) is 57.8 Å². The fourth-order valence-electron chi connectivity index (χ4n) is 10.0. The number of aliphatic hydroxyl groups excluding tert-OH is 7. The molecular weight excluding hydrogens is 664 g/mol. The third-order valence-corrected chi connectivity index (χ3v) is 13.5. The molecule has 0 aromatic carbocycles. The lowest BCUT2D eigenvalue weighted by Crippen LogP contribution is -2.59. The van der Waals surface area contributed by atoms with Crippen molar-refractivity contribution in [2.75, 3.05) is 6.61 Å². The molecule has 16 unspecified atom stereocenters. The van der Waals surface area contributed by atoms with Crippen LogP contribution in [0.2, 0.25) is 0 Å². The molecule has 0 aromatic heterocycles. The Morgan fingerprint density at radius 1 is 0.765 bits per heavy atom. The van der Waals surface area contributed by atoms with Crippen LogP contribution in [0.5, 0.6) is 0 Å². The highest BCUT2D eigenvalue weighted by Crippen LogP contribution is 2.61. The van der Waals surface area contributed by atoms with E-state index in [-0.39, 0.29) is 29.1 Å². The molecule has 0 radical (unpaired) electrons. The predicted octanol–water partition coefficient (Wildman–Crippen LogP) is 1.70. The van der Waals surface area contributed by atoms with Crippen LogP contribution in [-0.2, 0) is 28.5 Å². The van der Waals surface area contributed by atoms with E-state index in [1.54, 1.807) is 6.92 Å². The first-order chi connectivity index (χ1) is 24.2. The minimum atomic E-state index is -1.51. The molecule has 51 heavy (non-hydrogen) atoms. The SMILES string of the molecule is CC1C[C@@H](OC2OC(CO)C(O)C(O)C2O)CCCC2CC[C@]3(C)C(CC4CC[C@@H](C)C(OC5OC(C)C(O)C(O)C5O)O4)CCC3/C2=C/C1=O. The van der Waals surface area contributed by atoms with E-state index >= 15 is 0 Å². The van der Waals surface area contributed by atoms with E-state index in [1.165, 1.54) is 5.57 Å². The molecule has 7 N–H and O–H groups in total. The summed E-state index contributed by atoms with van der Waals surface area (Å²) in [5.74, 6) is 0.832. The van der Waals surface area contributed by atoms with Crippen molar-refractivity contribution in [2.45, 2.75) is 178 Å². The Kier molecular flexibility index (Phi) is 12.7. The van der Waals surface area contributed by atoms with E-state index in [0.29, 0.717) is 30.6 Å². The number of ether oxygens (including phenoxy) is 5. The molecule has 5 fully saturated rings. The van der Waals surface area contributed by atoms with Crippen LogP contribution in [0, 0.1) is 35.0 Å². The number of hydrogen-bond donors (Lipinski definition) is 7. The summed E-state index contributed by atoms with van der Waals surface area (Å²) in [4.78, 5) is 13.8. The van der Waals surface area contributed by atoms with E-state index in [2.05, 4.69) is 6.92 Å². The van der Waals surface area contributed by atoms with Gasteiger partial charge in [-0.05, 0) is 100 Å². The maximum Gasteiger partial charge on any atom is 0.189 e. The third kappa shape index (κ3) is 8.16. The van der Waals surface area contributed by atoms with Gasteiger partial charge in [0.1, 0.15) is 42.7 Å². The van der Waals surface area contributed by atoms with Gasteiger partial charge in [-0.1, -0.05) is 32.8 Å². The lowest BCUT2D eigenvalue weighted by molar-refractivity contribution is -0.350. The van der Waals surface area contributed by atoms with Crippen LogP contribution in [-0.4, -0.2) is 128 Å². The van der Waals surface area contributed by atoms with Crippen LogP contribution in [0.15, 0.2) is 11.6 Å². The Labute approximate surface area is 301 Å². The number of carbonyl (C=O) groups is 1. The Bertz CT molecular complexity index is 1210. The van der Waals surface area contributed by atoms with Crippen molar-refractivity contribution >= 4 is 5.78 Å². The smallest absolute Gasteiger partial charge is 0.189 e. The lowest BCUT2D eigenvalue weighted by Gasteiger charge is -2.47. The van der Waals surface area contributed by atoms with Crippen LogP contribution in [0.4, 0.5) is 0 Å². The number of hydrogen-bond acceptors (Lipinski definition) is 13. The molecule has 3 aliphatic carbocycles. The predicted molar refractivity (Wildman–Crippen MR) is 182 cm³/mol. The zero-order chi connectivity index (χ0) is 36.8. The largest absolute Gasteiger partial charge is 0.394 e. The van der Waals surface area contributed by atoms with Crippen LogP contribution < -0.4 is 0 Å². The van der Waals surface area contributed by atoms with Crippen molar-refractivity contribution in [1.82, 2.24) is 0 Å². The number of fused-ring (bicyclic) bond motifs is 3. The molecule has 0 bridgehead atoms. The van der Waals surface area contributed by atoms with Gasteiger partial charge in [-0.25, -0.2) is 0 Å². The van der Waals surface area contributed by atoms with Crippen LogP contribution >= 0.6 is 0 Å². The highest BCUT2D eigenvalue weighted by molar-refractivity contribution is 5.92. The average Bonchev–Trinajstić information content (AvgIpc) is 3.43. The average molecular weight is 727 g/mol. The van der Waals surface area contributed by atoms with Crippen molar-refractivity contribution in [3.8, 4) is 0 Å². The topological polar surface area (TPSA) is 205 Å². The molecule has 6 aliphatic rings. The van der Waals surface area contributed by atoms with E-state index in [9.17, 15) is 40.5 Å². The number of allylic oxidation sites excluding steroid dienone is 2. The fourth-order valence-corrected chi connectivity index (χ4v) is 10.0. The van der Waals surface area contributed by atoms with Gasteiger partial charge in [0, 0.05) is 11.8 Å². The quantitative estimate of drug-likeness (QED) is 0.200. The first-order valence-electron chi connectivity index (χ1n) is 19.4. The van der Waals surface area contributed by atoms with E-state index in [1.807, 2.05) is 19.9 Å². The Morgan fingerprint density at radius 3 is 2.20 bits per heavy atom. The standard InChI is InChI=1S/C38H62O13/c1-18-8-10-24(48-35(18)51-36-33(45)31(43)29(41)20(3)47-36)15-22-9-11-26-25-16-27(40)19(2)14-23(7-5-6-21(25)12-13-38(22,26)4)49-37-34(46)32(44)30(42)28(17-39)50-37/h16,18-24,26,28-37,39,41-46H,5-15,17H2,1-4H3/b25-16+/t18-,19?,20?,21?,22?,23+,24?,26?,28?,29?,30?,31?,32?,33?,34?,35?,36?,37?,38-/m1/s1. The summed E-state index contributed by atoms with van der Waals surface area (Å²) in [6.07, 6.45) is -1.87. The minimum absolute atomic E-state index is 0.0292. The van der Waals surface area contributed by atoms with Gasteiger partial charge in [0.05, 0.1) is 24.9 Å². The maximum absolute atomic E-state index is 13.8. The molecule has 13 heteroatoms. The second kappa shape index (κ2) is 16.3. The van der Waals surface area contributed by atoms with Gasteiger partial charge in [0.25, 0.3) is 0 Å². The van der Waals surface area contributed by atoms with Gasteiger partial charge in [0.15, 0.2) is 24.7 Å². The minimum Gasteiger partial charge on any atom is -0.394 e. The van der Waals surface area contributed by atoms with Crippen molar-refractivity contribution in [2.24, 2.45) is 35.0 Å². The Hall–Kier alpha value is -1.07. The summed E-state index contributed by atoms with van der Waals surface area (Å²) in [5, 5.41) is 71.5. The molecule has 3 aliphatic heterocycles. The summed E-state index contributed by atoms with van der Waals surface area (Å²) in [5.41, 5.74) is 1.32. The monoisotopic (exact) mass is 726 g/mol. The molecule has 3 saturated heterocycles. The normalized spacial score (nSPS) is 52.4. The second-order valence-corrected chi connectivity index (χ2v) is 16.9. The molecule has 0 aromatic rings. The number of ketones is 1. The molecule has 0 amide bonds. The number of carbonyl (C=O) groups excluding carboxylic acids is 1. The van der Waals surface area contributed by atoms with Gasteiger partial charge in [-0.15, -0.1) is 0 Å². The first-order valence-corrected chi connectivity index (χ1v) is 19.4. The van der Waals surface area contributed by atoms with Gasteiger partial charge >= 0.3 is 0 Å². The molecule has 6 rings (SSSR count). The summed E-state index contributed by atoms with van der Waals surface area (Å²) in [6.45, 7) is 7.45. The maximum atomic E-state index is 13.8.